The molecule has 1 rings (SSSR count). The van der Waals surface area contributed by atoms with Gasteiger partial charge in [0.15, 0.2) is 0 Å². The Morgan fingerprint density at radius 1 is 1.13 bits per heavy atom. The van der Waals surface area contributed by atoms with Crippen molar-refractivity contribution < 1.29 is 5.11 Å². The summed E-state index contributed by atoms with van der Waals surface area (Å²) in [6, 6.07) is 0. The van der Waals surface area contributed by atoms with E-state index in [9.17, 15) is 0 Å². The predicted octanol–water partition coefficient (Wildman–Crippen LogP) is 2.66. The van der Waals surface area contributed by atoms with Gasteiger partial charge < -0.3 is 10.0 Å². The maximum atomic E-state index is 8.86. The zero-order valence-corrected chi connectivity index (χ0v) is 10.2. The van der Waals surface area contributed by atoms with Crippen molar-refractivity contribution in [2.24, 2.45) is 5.92 Å². The van der Waals surface area contributed by atoms with Crippen LogP contribution >= 0.6 is 0 Å². The van der Waals surface area contributed by atoms with E-state index in [4.69, 9.17) is 5.11 Å². The first-order valence-electron chi connectivity index (χ1n) is 6.66. The molecule has 1 fully saturated rings. The minimum absolute atomic E-state index is 0.338. The van der Waals surface area contributed by atoms with Crippen molar-refractivity contribution in [3.63, 3.8) is 0 Å². The summed E-state index contributed by atoms with van der Waals surface area (Å²) in [6.07, 6.45) is 9.32. The molecule has 0 spiro atoms. The molecule has 0 bridgehead atoms. The van der Waals surface area contributed by atoms with Gasteiger partial charge in [-0.1, -0.05) is 32.6 Å². The van der Waals surface area contributed by atoms with Gasteiger partial charge in [-0.2, -0.15) is 0 Å². The van der Waals surface area contributed by atoms with Crippen LogP contribution in [0.3, 0.4) is 0 Å². The van der Waals surface area contributed by atoms with E-state index < -0.39 is 0 Å². The van der Waals surface area contributed by atoms with Crippen molar-refractivity contribution in [1.82, 2.24) is 4.90 Å². The number of hydrogen-bond acceptors (Lipinski definition) is 2. The fraction of sp³-hybridized carbons (Fsp3) is 1.00. The SMILES string of the molecule is CC1CCCCCCCN(CCCO)C1. The van der Waals surface area contributed by atoms with Gasteiger partial charge in [0.25, 0.3) is 0 Å². The fourth-order valence-electron chi connectivity index (χ4n) is 2.48. The summed E-state index contributed by atoms with van der Waals surface area (Å²) in [7, 11) is 0. The lowest BCUT2D eigenvalue weighted by molar-refractivity contribution is 0.193. The zero-order chi connectivity index (χ0) is 10.9. The van der Waals surface area contributed by atoms with Crippen molar-refractivity contribution in [3.05, 3.63) is 0 Å². The van der Waals surface area contributed by atoms with Crippen LogP contribution in [0.5, 0.6) is 0 Å². The van der Waals surface area contributed by atoms with Crippen molar-refractivity contribution in [1.29, 1.82) is 0 Å². The summed E-state index contributed by atoms with van der Waals surface area (Å²) >= 11 is 0. The molecule has 1 heterocycles. The summed E-state index contributed by atoms with van der Waals surface area (Å²) in [5.41, 5.74) is 0. The largest absolute Gasteiger partial charge is 0.396 e. The van der Waals surface area contributed by atoms with Crippen LogP contribution in [0.1, 0.15) is 51.9 Å². The number of aliphatic hydroxyl groups is 1. The molecule has 0 aromatic rings. The van der Waals surface area contributed by atoms with Crippen LogP contribution in [-0.4, -0.2) is 36.2 Å². The molecule has 2 nitrogen and oxygen atoms in total. The Kier molecular flexibility index (Phi) is 7.03. The molecule has 1 N–H and O–H groups in total. The third-order valence-electron chi connectivity index (χ3n) is 3.37. The number of nitrogens with zero attached hydrogens (tertiary/aromatic N) is 1. The van der Waals surface area contributed by atoms with Gasteiger partial charge in [0.1, 0.15) is 0 Å². The van der Waals surface area contributed by atoms with E-state index in [2.05, 4.69) is 11.8 Å². The monoisotopic (exact) mass is 213 g/mol. The molecule has 0 aromatic heterocycles. The molecule has 0 aliphatic carbocycles. The molecule has 15 heavy (non-hydrogen) atoms. The van der Waals surface area contributed by atoms with Crippen molar-refractivity contribution in [2.45, 2.75) is 51.9 Å². The van der Waals surface area contributed by atoms with E-state index in [1.807, 2.05) is 0 Å². The average molecular weight is 213 g/mol. The first-order valence-corrected chi connectivity index (χ1v) is 6.66. The summed E-state index contributed by atoms with van der Waals surface area (Å²) < 4.78 is 0. The second-order valence-corrected chi connectivity index (χ2v) is 5.04. The van der Waals surface area contributed by atoms with Crippen LogP contribution in [0, 0.1) is 5.92 Å². The average Bonchev–Trinajstić information content (AvgIpc) is 2.24. The van der Waals surface area contributed by atoms with Crippen LogP contribution in [0.2, 0.25) is 0 Å². The minimum Gasteiger partial charge on any atom is -0.396 e. The maximum Gasteiger partial charge on any atom is 0.0443 e. The standard InChI is InChI=1S/C13H27NO/c1-13-8-5-3-2-4-6-9-14(12-13)10-7-11-15/h13,15H,2-12H2,1H3. The first-order chi connectivity index (χ1) is 7.33. The predicted molar refractivity (Wildman–Crippen MR) is 65.0 cm³/mol. The summed E-state index contributed by atoms with van der Waals surface area (Å²) in [4.78, 5) is 2.55. The third-order valence-corrected chi connectivity index (χ3v) is 3.37. The second kappa shape index (κ2) is 8.12. The zero-order valence-electron chi connectivity index (χ0n) is 10.2. The highest BCUT2D eigenvalue weighted by atomic mass is 16.3. The molecular weight excluding hydrogens is 186 g/mol. The molecule has 90 valence electrons. The number of hydrogen-bond donors (Lipinski definition) is 1. The van der Waals surface area contributed by atoms with Crippen molar-refractivity contribution in [2.75, 3.05) is 26.2 Å². The lowest BCUT2D eigenvalue weighted by atomic mass is 9.99. The highest BCUT2D eigenvalue weighted by Gasteiger charge is 2.11. The van der Waals surface area contributed by atoms with E-state index in [-0.39, 0.29) is 0 Å². The van der Waals surface area contributed by atoms with Crippen LogP contribution in [0.15, 0.2) is 0 Å². The molecule has 0 amide bonds. The lowest BCUT2D eigenvalue weighted by Crippen LogP contribution is -2.31. The van der Waals surface area contributed by atoms with E-state index in [0.29, 0.717) is 6.61 Å². The van der Waals surface area contributed by atoms with Crippen molar-refractivity contribution >= 4 is 0 Å². The molecule has 0 radical (unpaired) electrons. The van der Waals surface area contributed by atoms with E-state index >= 15 is 0 Å². The minimum atomic E-state index is 0.338. The van der Waals surface area contributed by atoms with Crippen LogP contribution < -0.4 is 0 Å². The molecule has 0 aromatic carbocycles. The molecule has 1 aliphatic heterocycles. The van der Waals surface area contributed by atoms with E-state index in [1.165, 1.54) is 51.6 Å². The van der Waals surface area contributed by atoms with E-state index in [0.717, 1.165) is 18.9 Å². The van der Waals surface area contributed by atoms with Gasteiger partial charge >= 0.3 is 0 Å². The quantitative estimate of drug-likeness (QED) is 0.779. The fourth-order valence-corrected chi connectivity index (χ4v) is 2.48. The highest BCUT2D eigenvalue weighted by molar-refractivity contribution is 4.65. The van der Waals surface area contributed by atoms with Crippen LogP contribution in [0.4, 0.5) is 0 Å². The Hall–Kier alpha value is -0.0800. The van der Waals surface area contributed by atoms with Gasteiger partial charge in [-0.3, -0.25) is 0 Å². The van der Waals surface area contributed by atoms with E-state index in [1.54, 1.807) is 0 Å². The van der Waals surface area contributed by atoms with Crippen LogP contribution in [-0.2, 0) is 0 Å². The third kappa shape index (κ3) is 6.16. The molecular formula is C13H27NO. The summed E-state index contributed by atoms with van der Waals surface area (Å²) in [6.45, 7) is 6.27. The Morgan fingerprint density at radius 2 is 1.87 bits per heavy atom. The lowest BCUT2D eigenvalue weighted by Gasteiger charge is -2.26. The smallest absolute Gasteiger partial charge is 0.0443 e. The summed E-state index contributed by atoms with van der Waals surface area (Å²) in [5, 5.41) is 8.86. The Bertz CT molecular complexity index is 149. The molecule has 1 atom stereocenters. The van der Waals surface area contributed by atoms with Gasteiger partial charge in [-0.25, -0.2) is 0 Å². The second-order valence-electron chi connectivity index (χ2n) is 5.04. The molecule has 0 saturated carbocycles. The van der Waals surface area contributed by atoms with Gasteiger partial charge in [-0.05, 0) is 31.7 Å². The van der Waals surface area contributed by atoms with Gasteiger partial charge in [0, 0.05) is 19.7 Å². The first kappa shape index (κ1) is 13.0. The number of rotatable bonds is 3. The van der Waals surface area contributed by atoms with Crippen LogP contribution in [0.25, 0.3) is 0 Å². The molecule has 1 unspecified atom stereocenters. The highest BCUT2D eigenvalue weighted by Crippen LogP contribution is 2.15. The Labute approximate surface area is 94.7 Å². The number of aliphatic hydroxyl groups excluding tert-OH is 1. The maximum absolute atomic E-state index is 8.86. The van der Waals surface area contributed by atoms with Crippen molar-refractivity contribution in [3.8, 4) is 0 Å². The topological polar surface area (TPSA) is 23.5 Å². The molecule has 1 saturated heterocycles. The summed E-state index contributed by atoms with van der Waals surface area (Å²) in [5.74, 6) is 0.835. The Balaban J connectivity index is 2.29. The Morgan fingerprint density at radius 3 is 2.67 bits per heavy atom. The normalized spacial score (nSPS) is 26.4. The van der Waals surface area contributed by atoms with Gasteiger partial charge in [-0.15, -0.1) is 0 Å². The van der Waals surface area contributed by atoms with Gasteiger partial charge in [0.2, 0.25) is 0 Å². The molecule has 2 heteroatoms. The molecule has 1 aliphatic rings. The van der Waals surface area contributed by atoms with Gasteiger partial charge in [0.05, 0.1) is 0 Å².